The third kappa shape index (κ3) is 3.83. The lowest BCUT2D eigenvalue weighted by atomic mass is 10.1. The number of ketones is 1. The van der Waals surface area contributed by atoms with E-state index in [0.717, 1.165) is 10.0 Å². The number of hydrogen-bond acceptors (Lipinski definition) is 5. The number of anilines is 1. The molecule has 2 heterocycles. The van der Waals surface area contributed by atoms with Crippen LogP contribution < -0.4 is 10.9 Å². The summed E-state index contributed by atoms with van der Waals surface area (Å²) in [6, 6.07) is 12.2. The fraction of sp³-hybridized carbons (Fsp3) is 0.111. The molecule has 3 rings (SSSR count). The number of rotatable bonds is 5. The van der Waals surface area contributed by atoms with Gasteiger partial charge in [0.15, 0.2) is 5.78 Å². The summed E-state index contributed by atoms with van der Waals surface area (Å²) < 4.78 is 2.10. The van der Waals surface area contributed by atoms with Crippen molar-refractivity contribution in [3.05, 3.63) is 75.2 Å². The molecule has 1 aromatic carbocycles. The lowest BCUT2D eigenvalue weighted by molar-refractivity contribution is 0.100. The summed E-state index contributed by atoms with van der Waals surface area (Å²) in [5.41, 5.74) is 1.68. The van der Waals surface area contributed by atoms with E-state index in [4.69, 9.17) is 0 Å². The monoisotopic (exact) mass is 398 g/mol. The van der Waals surface area contributed by atoms with Crippen molar-refractivity contribution < 1.29 is 4.79 Å². The number of aromatic nitrogens is 3. The summed E-state index contributed by atoms with van der Waals surface area (Å²) in [7, 11) is 1.61. The minimum atomic E-state index is -0.211. The van der Waals surface area contributed by atoms with E-state index in [1.54, 1.807) is 43.7 Å². The van der Waals surface area contributed by atoms with Crippen LogP contribution in [0.2, 0.25) is 0 Å². The maximum atomic E-state index is 12.4. The van der Waals surface area contributed by atoms with E-state index in [1.807, 2.05) is 12.1 Å². The Morgan fingerprint density at radius 3 is 2.64 bits per heavy atom. The second-order valence-electron chi connectivity index (χ2n) is 5.35. The van der Waals surface area contributed by atoms with E-state index < -0.39 is 0 Å². The minimum Gasteiger partial charge on any atom is -0.348 e. The number of Topliss-reactive ketones (excluding diaryl/α,β-unsaturated/α-hetero) is 1. The van der Waals surface area contributed by atoms with Gasteiger partial charge in [-0.2, -0.15) is 0 Å². The Bertz CT molecular complexity index is 970. The molecule has 126 valence electrons. The Balaban J connectivity index is 1.85. The third-order valence-electron chi connectivity index (χ3n) is 3.69. The van der Waals surface area contributed by atoms with Gasteiger partial charge in [-0.1, -0.05) is 34.1 Å². The molecule has 25 heavy (non-hydrogen) atoms. The predicted molar refractivity (Wildman–Crippen MR) is 99.7 cm³/mol. The molecule has 0 aliphatic carbocycles. The van der Waals surface area contributed by atoms with E-state index in [2.05, 4.69) is 31.2 Å². The molecule has 0 atom stereocenters. The van der Waals surface area contributed by atoms with Crippen molar-refractivity contribution in [2.75, 3.05) is 11.9 Å². The summed E-state index contributed by atoms with van der Waals surface area (Å²) in [6.45, 7) is 0.0304. The third-order valence-corrected chi connectivity index (χ3v) is 4.38. The molecule has 0 saturated heterocycles. The Kier molecular flexibility index (Phi) is 5.04. The van der Waals surface area contributed by atoms with Crippen molar-refractivity contribution in [3.8, 4) is 11.3 Å². The predicted octanol–water partition coefficient (Wildman–Crippen LogP) is 2.90. The first kappa shape index (κ1) is 17.0. The molecule has 2 aromatic heterocycles. The molecular weight excluding hydrogens is 384 g/mol. The van der Waals surface area contributed by atoms with Gasteiger partial charge in [0, 0.05) is 41.1 Å². The Morgan fingerprint density at radius 2 is 1.92 bits per heavy atom. The van der Waals surface area contributed by atoms with Crippen LogP contribution in [0.5, 0.6) is 0 Å². The summed E-state index contributed by atoms with van der Waals surface area (Å²) in [5.74, 6) is 0.232. The highest BCUT2D eigenvalue weighted by Gasteiger charge is 2.12. The summed E-state index contributed by atoms with van der Waals surface area (Å²) in [4.78, 5) is 33.0. The van der Waals surface area contributed by atoms with Crippen LogP contribution in [0.1, 0.15) is 10.4 Å². The Labute approximate surface area is 152 Å². The number of carbonyl (C=O) groups is 1. The average molecular weight is 399 g/mol. The van der Waals surface area contributed by atoms with E-state index in [9.17, 15) is 9.59 Å². The zero-order chi connectivity index (χ0) is 17.8. The van der Waals surface area contributed by atoms with Crippen LogP contribution in [-0.2, 0) is 7.05 Å². The average Bonchev–Trinajstić information content (AvgIpc) is 2.63. The SMILES string of the molecule is Cn1c(NCC(=O)c2ccccc2Br)nc(-c2ccncc2)cc1=O. The van der Waals surface area contributed by atoms with Gasteiger partial charge >= 0.3 is 0 Å². The summed E-state index contributed by atoms with van der Waals surface area (Å²) >= 11 is 3.37. The first-order valence-electron chi connectivity index (χ1n) is 7.56. The van der Waals surface area contributed by atoms with Crippen molar-refractivity contribution in [1.29, 1.82) is 0 Å². The zero-order valence-electron chi connectivity index (χ0n) is 13.4. The smallest absolute Gasteiger partial charge is 0.255 e. The van der Waals surface area contributed by atoms with Crippen LogP contribution in [0.25, 0.3) is 11.3 Å². The quantitative estimate of drug-likeness (QED) is 0.668. The molecule has 6 nitrogen and oxygen atoms in total. The van der Waals surface area contributed by atoms with Gasteiger partial charge in [0.25, 0.3) is 5.56 Å². The number of carbonyl (C=O) groups excluding carboxylic acids is 1. The maximum absolute atomic E-state index is 12.4. The van der Waals surface area contributed by atoms with Crippen LogP contribution in [0.4, 0.5) is 5.95 Å². The second-order valence-corrected chi connectivity index (χ2v) is 6.21. The highest BCUT2D eigenvalue weighted by atomic mass is 79.9. The van der Waals surface area contributed by atoms with Gasteiger partial charge in [0.2, 0.25) is 5.95 Å². The van der Waals surface area contributed by atoms with Crippen molar-refractivity contribution in [3.63, 3.8) is 0 Å². The summed E-state index contributed by atoms with van der Waals surface area (Å²) in [5, 5.41) is 2.96. The van der Waals surface area contributed by atoms with Gasteiger partial charge in [-0.25, -0.2) is 4.98 Å². The Morgan fingerprint density at radius 1 is 1.20 bits per heavy atom. The van der Waals surface area contributed by atoms with Gasteiger partial charge in [0.05, 0.1) is 12.2 Å². The molecule has 1 N–H and O–H groups in total. The molecule has 0 bridgehead atoms. The Hall–Kier alpha value is -2.80. The van der Waals surface area contributed by atoms with Crippen LogP contribution >= 0.6 is 15.9 Å². The van der Waals surface area contributed by atoms with Crippen LogP contribution in [-0.4, -0.2) is 26.9 Å². The van der Waals surface area contributed by atoms with Crippen LogP contribution in [0.3, 0.4) is 0 Å². The number of halogens is 1. The largest absolute Gasteiger partial charge is 0.348 e. The molecule has 0 radical (unpaired) electrons. The molecule has 0 amide bonds. The maximum Gasteiger partial charge on any atom is 0.255 e. The molecular formula is C18H15BrN4O2. The van der Waals surface area contributed by atoms with Gasteiger partial charge in [-0.3, -0.25) is 19.1 Å². The molecule has 0 fully saturated rings. The molecule has 0 unspecified atom stereocenters. The molecule has 0 spiro atoms. The van der Waals surface area contributed by atoms with E-state index in [1.165, 1.54) is 10.6 Å². The van der Waals surface area contributed by atoms with E-state index in [-0.39, 0.29) is 17.9 Å². The fourth-order valence-electron chi connectivity index (χ4n) is 2.31. The minimum absolute atomic E-state index is 0.0304. The zero-order valence-corrected chi connectivity index (χ0v) is 15.0. The number of nitrogens with zero attached hydrogens (tertiary/aromatic N) is 3. The lowest BCUT2D eigenvalue weighted by Gasteiger charge is -2.11. The normalized spacial score (nSPS) is 10.5. The summed E-state index contributed by atoms with van der Waals surface area (Å²) in [6.07, 6.45) is 3.27. The van der Waals surface area contributed by atoms with Crippen molar-refractivity contribution in [2.45, 2.75) is 0 Å². The van der Waals surface area contributed by atoms with Gasteiger partial charge in [-0.05, 0) is 18.2 Å². The molecule has 0 saturated carbocycles. The highest BCUT2D eigenvalue weighted by Crippen LogP contribution is 2.18. The van der Waals surface area contributed by atoms with E-state index >= 15 is 0 Å². The molecule has 0 aliphatic rings. The van der Waals surface area contributed by atoms with Gasteiger partial charge in [-0.15, -0.1) is 0 Å². The van der Waals surface area contributed by atoms with E-state index in [0.29, 0.717) is 17.2 Å². The number of hydrogen-bond donors (Lipinski definition) is 1. The highest BCUT2D eigenvalue weighted by molar-refractivity contribution is 9.10. The standard InChI is InChI=1S/C18H15BrN4O2/c1-23-17(25)10-15(12-6-8-20-9-7-12)22-18(23)21-11-16(24)13-4-2-3-5-14(13)19/h2-10H,11H2,1H3,(H,21,22). The number of nitrogens with one attached hydrogen (secondary N) is 1. The first-order valence-corrected chi connectivity index (χ1v) is 8.35. The second kappa shape index (κ2) is 7.40. The molecule has 7 heteroatoms. The molecule has 0 aliphatic heterocycles. The molecule has 3 aromatic rings. The number of benzene rings is 1. The van der Waals surface area contributed by atoms with Crippen LogP contribution in [0, 0.1) is 0 Å². The van der Waals surface area contributed by atoms with Crippen molar-refractivity contribution >= 4 is 27.7 Å². The van der Waals surface area contributed by atoms with Crippen molar-refractivity contribution in [2.24, 2.45) is 7.05 Å². The fourth-order valence-corrected chi connectivity index (χ4v) is 2.82. The first-order chi connectivity index (χ1) is 12.1. The van der Waals surface area contributed by atoms with Crippen molar-refractivity contribution in [1.82, 2.24) is 14.5 Å². The van der Waals surface area contributed by atoms with Crippen LogP contribution in [0.15, 0.2) is 64.1 Å². The van der Waals surface area contributed by atoms with Gasteiger partial charge in [0.1, 0.15) is 0 Å². The lowest BCUT2D eigenvalue weighted by Crippen LogP contribution is -2.24. The van der Waals surface area contributed by atoms with Gasteiger partial charge < -0.3 is 5.32 Å². The number of pyridine rings is 1. The topological polar surface area (TPSA) is 76.9 Å².